The van der Waals surface area contributed by atoms with Gasteiger partial charge in [-0.05, 0) is 35.5 Å². The average Bonchev–Trinajstić information content (AvgIpc) is 2.48. The lowest BCUT2D eigenvalue weighted by Gasteiger charge is -2.40. The molecular weight excluding hydrogens is 164 g/mol. The maximum atomic E-state index is 2.43. The summed E-state index contributed by atoms with van der Waals surface area (Å²) in [6, 6.07) is 0. The van der Waals surface area contributed by atoms with Crippen molar-refractivity contribution in [2.24, 2.45) is 23.7 Å². The van der Waals surface area contributed by atoms with Crippen molar-refractivity contribution in [2.45, 2.75) is 32.4 Å². The minimum atomic E-state index is 0.885. The van der Waals surface area contributed by atoms with E-state index in [1.807, 2.05) is 0 Å². The molecule has 68 valence electrons. The highest BCUT2D eigenvalue weighted by atomic mass is 32.2. The van der Waals surface area contributed by atoms with Gasteiger partial charge in [0.15, 0.2) is 0 Å². The molecule has 1 aliphatic heterocycles. The van der Waals surface area contributed by atoms with Crippen molar-refractivity contribution in [3.63, 3.8) is 0 Å². The first-order valence-electron chi connectivity index (χ1n) is 5.02. The molecule has 0 nitrogen and oxygen atoms in total. The van der Waals surface area contributed by atoms with Crippen LogP contribution in [0.2, 0.25) is 0 Å². The Morgan fingerprint density at radius 3 is 2.67 bits per heavy atom. The maximum absolute atomic E-state index is 2.43. The summed E-state index contributed by atoms with van der Waals surface area (Å²) in [4.78, 5) is 0. The summed E-state index contributed by atoms with van der Waals surface area (Å²) in [7, 11) is 0. The van der Waals surface area contributed by atoms with Crippen molar-refractivity contribution < 1.29 is 0 Å². The summed E-state index contributed by atoms with van der Waals surface area (Å²) < 4.78 is 0. The van der Waals surface area contributed by atoms with Crippen molar-refractivity contribution >= 4 is 11.8 Å². The molecule has 0 N–H and O–H groups in total. The second-order valence-corrected chi connectivity index (χ2v) is 5.61. The van der Waals surface area contributed by atoms with Gasteiger partial charge in [-0.2, -0.15) is 0 Å². The molecule has 1 heterocycles. The summed E-state index contributed by atoms with van der Waals surface area (Å²) in [5, 5.41) is 3.22. The third-order valence-corrected chi connectivity index (χ3v) is 5.28. The molecule has 0 spiro atoms. The SMILES string of the molecule is CC1CC2C=CSC2C(C)C1C. The molecule has 5 atom stereocenters. The van der Waals surface area contributed by atoms with Crippen LogP contribution in [0.25, 0.3) is 0 Å². The number of hydrogen-bond acceptors (Lipinski definition) is 1. The van der Waals surface area contributed by atoms with Gasteiger partial charge in [-0.3, -0.25) is 0 Å². The van der Waals surface area contributed by atoms with Gasteiger partial charge in [0, 0.05) is 5.25 Å². The number of allylic oxidation sites excluding steroid dienone is 1. The van der Waals surface area contributed by atoms with Crippen LogP contribution >= 0.6 is 11.8 Å². The minimum absolute atomic E-state index is 0.885. The van der Waals surface area contributed by atoms with Gasteiger partial charge in [-0.15, -0.1) is 11.8 Å². The van der Waals surface area contributed by atoms with E-state index < -0.39 is 0 Å². The second-order valence-electron chi connectivity index (χ2n) is 4.52. The smallest absolute Gasteiger partial charge is 0.0180 e. The van der Waals surface area contributed by atoms with E-state index in [1.54, 1.807) is 0 Å². The van der Waals surface area contributed by atoms with Gasteiger partial charge in [0.2, 0.25) is 0 Å². The maximum Gasteiger partial charge on any atom is 0.0180 e. The van der Waals surface area contributed by atoms with Crippen molar-refractivity contribution in [2.75, 3.05) is 0 Å². The van der Waals surface area contributed by atoms with E-state index in [-0.39, 0.29) is 0 Å². The molecule has 0 aromatic carbocycles. The Bertz CT molecular complexity index is 197. The molecule has 1 saturated carbocycles. The van der Waals surface area contributed by atoms with E-state index in [9.17, 15) is 0 Å². The topological polar surface area (TPSA) is 0 Å². The van der Waals surface area contributed by atoms with E-state index >= 15 is 0 Å². The molecule has 0 amide bonds. The van der Waals surface area contributed by atoms with Gasteiger partial charge < -0.3 is 0 Å². The van der Waals surface area contributed by atoms with Gasteiger partial charge in [0.05, 0.1) is 0 Å². The number of fused-ring (bicyclic) bond motifs is 1. The Labute approximate surface area is 79.8 Å². The Balaban J connectivity index is 2.13. The van der Waals surface area contributed by atoms with E-state index in [0.29, 0.717) is 0 Å². The lowest BCUT2D eigenvalue weighted by atomic mass is 9.70. The van der Waals surface area contributed by atoms with Crippen molar-refractivity contribution in [1.29, 1.82) is 0 Å². The number of hydrogen-bond donors (Lipinski definition) is 0. The largest absolute Gasteiger partial charge is 0.130 e. The van der Waals surface area contributed by atoms with Gasteiger partial charge in [-0.25, -0.2) is 0 Å². The van der Waals surface area contributed by atoms with E-state index in [0.717, 1.165) is 28.9 Å². The first-order chi connectivity index (χ1) is 5.70. The van der Waals surface area contributed by atoms with Crippen molar-refractivity contribution in [3.8, 4) is 0 Å². The molecule has 5 unspecified atom stereocenters. The van der Waals surface area contributed by atoms with E-state index in [2.05, 4.69) is 44.0 Å². The van der Waals surface area contributed by atoms with Crippen LogP contribution in [-0.4, -0.2) is 5.25 Å². The molecule has 2 aliphatic rings. The molecule has 12 heavy (non-hydrogen) atoms. The predicted octanol–water partition coefficient (Wildman–Crippen LogP) is 3.54. The van der Waals surface area contributed by atoms with Crippen molar-refractivity contribution in [1.82, 2.24) is 0 Å². The van der Waals surface area contributed by atoms with Crippen LogP contribution < -0.4 is 0 Å². The fourth-order valence-corrected chi connectivity index (χ4v) is 4.01. The van der Waals surface area contributed by atoms with Crippen LogP contribution in [0.5, 0.6) is 0 Å². The minimum Gasteiger partial charge on any atom is -0.130 e. The Kier molecular flexibility index (Phi) is 2.24. The molecule has 1 fully saturated rings. The number of rotatable bonds is 0. The molecular formula is C11H18S. The highest BCUT2D eigenvalue weighted by Crippen LogP contribution is 2.47. The van der Waals surface area contributed by atoms with Crippen LogP contribution in [-0.2, 0) is 0 Å². The first kappa shape index (κ1) is 8.68. The highest BCUT2D eigenvalue weighted by molar-refractivity contribution is 8.03. The molecule has 0 aromatic rings. The van der Waals surface area contributed by atoms with Gasteiger partial charge in [-0.1, -0.05) is 26.8 Å². The molecule has 0 radical (unpaired) electrons. The monoisotopic (exact) mass is 182 g/mol. The molecule has 1 heteroatoms. The van der Waals surface area contributed by atoms with Gasteiger partial charge in [0.25, 0.3) is 0 Å². The predicted molar refractivity (Wildman–Crippen MR) is 56.1 cm³/mol. The third-order valence-electron chi connectivity index (χ3n) is 3.87. The quantitative estimate of drug-likeness (QED) is 0.552. The van der Waals surface area contributed by atoms with Crippen LogP contribution in [0.3, 0.4) is 0 Å². The average molecular weight is 182 g/mol. The third kappa shape index (κ3) is 1.22. The van der Waals surface area contributed by atoms with Crippen LogP contribution in [0.15, 0.2) is 11.5 Å². The Morgan fingerprint density at radius 1 is 1.17 bits per heavy atom. The van der Waals surface area contributed by atoms with E-state index in [4.69, 9.17) is 0 Å². The summed E-state index contributed by atoms with van der Waals surface area (Å²) in [5.41, 5.74) is 0. The summed E-state index contributed by atoms with van der Waals surface area (Å²) in [6.07, 6.45) is 3.84. The number of thioether (sulfide) groups is 1. The summed E-state index contributed by atoms with van der Waals surface area (Å²) in [6.45, 7) is 7.26. The fraction of sp³-hybridized carbons (Fsp3) is 0.818. The van der Waals surface area contributed by atoms with Crippen LogP contribution in [0, 0.1) is 23.7 Å². The standard InChI is InChI=1S/C11H18S/c1-7-6-10-4-5-12-11(10)9(3)8(7)2/h4-5,7-11H,6H2,1-3H3. The zero-order valence-corrected chi connectivity index (χ0v) is 8.97. The normalized spacial score (nSPS) is 52.4. The van der Waals surface area contributed by atoms with Gasteiger partial charge >= 0.3 is 0 Å². The van der Waals surface area contributed by atoms with Gasteiger partial charge in [0.1, 0.15) is 0 Å². The highest BCUT2D eigenvalue weighted by Gasteiger charge is 2.39. The van der Waals surface area contributed by atoms with Crippen molar-refractivity contribution in [3.05, 3.63) is 11.5 Å². The zero-order chi connectivity index (χ0) is 8.72. The second kappa shape index (κ2) is 3.10. The van der Waals surface area contributed by atoms with E-state index in [1.165, 1.54) is 6.42 Å². The lowest BCUT2D eigenvalue weighted by Crippen LogP contribution is -2.36. The van der Waals surface area contributed by atoms with Crippen LogP contribution in [0.4, 0.5) is 0 Å². The molecule has 0 bridgehead atoms. The zero-order valence-electron chi connectivity index (χ0n) is 8.16. The summed E-state index contributed by atoms with van der Waals surface area (Å²) >= 11 is 2.06. The molecule has 0 saturated heterocycles. The Hall–Kier alpha value is 0.0900. The Morgan fingerprint density at radius 2 is 1.92 bits per heavy atom. The molecule has 1 aliphatic carbocycles. The summed E-state index contributed by atoms with van der Waals surface area (Å²) in [5.74, 6) is 3.62. The lowest BCUT2D eigenvalue weighted by molar-refractivity contribution is 0.174. The molecule has 2 rings (SSSR count). The fourth-order valence-electron chi connectivity index (χ4n) is 2.64. The van der Waals surface area contributed by atoms with Crippen LogP contribution in [0.1, 0.15) is 27.2 Å². The first-order valence-corrected chi connectivity index (χ1v) is 5.96. The molecule has 0 aromatic heterocycles.